The van der Waals surface area contributed by atoms with Gasteiger partial charge in [0.15, 0.2) is 0 Å². The third-order valence-corrected chi connectivity index (χ3v) is 5.04. The molecule has 2 aliphatic carbocycles. The number of hydrogen-bond acceptors (Lipinski definition) is 5. The number of Topliss-reactive ketones (excluding diaryl/α,β-unsaturated/α-hetero) is 1. The van der Waals surface area contributed by atoms with Crippen LogP contribution in [0.25, 0.3) is 0 Å². The Balaban J connectivity index is 2.29. The molecule has 0 aromatic heterocycles. The Kier molecular flexibility index (Phi) is 5.31. The maximum absolute atomic E-state index is 13.1. The molecule has 0 amide bonds. The molecule has 2 bridgehead atoms. The summed E-state index contributed by atoms with van der Waals surface area (Å²) in [5.41, 5.74) is -1.18. The SMILES string of the molecule is C=C(C[C@]12CC=C[C@](C)(C[C@H](C(=O)OCC)C1)C2=O)C(=O)OCC. The summed E-state index contributed by atoms with van der Waals surface area (Å²) in [5.74, 6) is -0.997. The van der Waals surface area contributed by atoms with Crippen molar-refractivity contribution >= 4 is 17.7 Å². The highest BCUT2D eigenvalue weighted by Crippen LogP contribution is 2.54. The quantitative estimate of drug-likeness (QED) is 0.424. The summed E-state index contributed by atoms with van der Waals surface area (Å²) >= 11 is 0. The third kappa shape index (κ3) is 3.30. The number of ether oxygens (including phenoxy) is 2. The zero-order valence-electron chi connectivity index (χ0n) is 14.7. The first kappa shape index (κ1) is 18.4. The molecule has 5 nitrogen and oxygen atoms in total. The number of esters is 2. The lowest BCUT2D eigenvalue weighted by atomic mass is 9.53. The van der Waals surface area contributed by atoms with Crippen LogP contribution in [0.1, 0.15) is 46.5 Å². The summed E-state index contributed by atoms with van der Waals surface area (Å²) in [7, 11) is 0. The van der Waals surface area contributed by atoms with E-state index in [1.165, 1.54) is 0 Å². The number of ketones is 1. The van der Waals surface area contributed by atoms with Crippen molar-refractivity contribution in [2.75, 3.05) is 13.2 Å². The Morgan fingerprint density at radius 2 is 1.92 bits per heavy atom. The first-order chi connectivity index (χ1) is 11.3. The Bertz CT molecular complexity index is 591. The van der Waals surface area contributed by atoms with Gasteiger partial charge in [-0.05, 0) is 46.5 Å². The van der Waals surface area contributed by atoms with Crippen molar-refractivity contribution in [3.63, 3.8) is 0 Å². The van der Waals surface area contributed by atoms with Crippen LogP contribution in [0.3, 0.4) is 0 Å². The molecule has 24 heavy (non-hydrogen) atoms. The zero-order valence-corrected chi connectivity index (χ0v) is 14.7. The maximum Gasteiger partial charge on any atom is 0.333 e. The van der Waals surface area contributed by atoms with E-state index in [-0.39, 0.29) is 36.3 Å². The fourth-order valence-electron chi connectivity index (χ4n) is 4.08. The lowest BCUT2D eigenvalue weighted by Gasteiger charge is -2.48. The molecule has 2 rings (SSSR count). The van der Waals surface area contributed by atoms with Gasteiger partial charge in [-0.1, -0.05) is 18.7 Å². The van der Waals surface area contributed by atoms with Gasteiger partial charge in [0.2, 0.25) is 0 Å². The van der Waals surface area contributed by atoms with Gasteiger partial charge in [-0.15, -0.1) is 0 Å². The van der Waals surface area contributed by atoms with Gasteiger partial charge in [-0.2, -0.15) is 0 Å². The van der Waals surface area contributed by atoms with Crippen LogP contribution in [-0.2, 0) is 23.9 Å². The molecule has 0 aliphatic heterocycles. The first-order valence-corrected chi connectivity index (χ1v) is 8.52. The average Bonchev–Trinajstić information content (AvgIpc) is 2.50. The summed E-state index contributed by atoms with van der Waals surface area (Å²) in [4.78, 5) is 37.3. The molecule has 1 saturated carbocycles. The van der Waals surface area contributed by atoms with Crippen LogP contribution in [0.15, 0.2) is 24.3 Å². The van der Waals surface area contributed by atoms with Crippen LogP contribution in [0, 0.1) is 16.7 Å². The molecule has 0 heterocycles. The Hall–Kier alpha value is -1.91. The molecule has 5 heteroatoms. The molecule has 0 N–H and O–H groups in total. The molecule has 0 unspecified atom stereocenters. The van der Waals surface area contributed by atoms with Crippen LogP contribution in [0.4, 0.5) is 0 Å². The van der Waals surface area contributed by atoms with Gasteiger partial charge in [-0.25, -0.2) is 4.79 Å². The number of hydrogen-bond donors (Lipinski definition) is 0. The highest BCUT2D eigenvalue weighted by molar-refractivity contribution is 5.97. The van der Waals surface area contributed by atoms with Crippen LogP contribution < -0.4 is 0 Å². The molecule has 3 atom stereocenters. The lowest BCUT2D eigenvalue weighted by Crippen LogP contribution is -2.52. The van der Waals surface area contributed by atoms with Crippen molar-refractivity contribution in [1.29, 1.82) is 0 Å². The van der Waals surface area contributed by atoms with Crippen LogP contribution >= 0.6 is 0 Å². The average molecular weight is 334 g/mol. The lowest BCUT2D eigenvalue weighted by molar-refractivity contribution is -0.158. The van der Waals surface area contributed by atoms with E-state index >= 15 is 0 Å². The van der Waals surface area contributed by atoms with Gasteiger partial charge in [0.1, 0.15) is 5.78 Å². The van der Waals surface area contributed by atoms with Gasteiger partial charge in [0.25, 0.3) is 0 Å². The Morgan fingerprint density at radius 3 is 2.54 bits per heavy atom. The minimum absolute atomic E-state index is 0.0866. The second-order valence-electron chi connectivity index (χ2n) is 6.99. The normalized spacial score (nSPS) is 31.5. The predicted octanol–water partition coefficient (Wildman–Crippen LogP) is 2.99. The van der Waals surface area contributed by atoms with Gasteiger partial charge in [0, 0.05) is 16.4 Å². The van der Waals surface area contributed by atoms with Crippen molar-refractivity contribution in [1.82, 2.24) is 0 Å². The van der Waals surface area contributed by atoms with E-state index in [9.17, 15) is 14.4 Å². The fourth-order valence-corrected chi connectivity index (χ4v) is 4.08. The van der Waals surface area contributed by atoms with Crippen molar-refractivity contribution in [3.05, 3.63) is 24.3 Å². The molecule has 0 radical (unpaired) electrons. The first-order valence-electron chi connectivity index (χ1n) is 8.52. The van der Waals surface area contributed by atoms with Crippen LogP contribution in [0.2, 0.25) is 0 Å². The van der Waals surface area contributed by atoms with E-state index in [2.05, 4.69) is 6.58 Å². The monoisotopic (exact) mass is 334 g/mol. The van der Waals surface area contributed by atoms with E-state index in [0.29, 0.717) is 25.9 Å². The minimum Gasteiger partial charge on any atom is -0.466 e. The van der Waals surface area contributed by atoms with Gasteiger partial charge < -0.3 is 9.47 Å². The Labute approximate surface area is 143 Å². The van der Waals surface area contributed by atoms with E-state index in [4.69, 9.17) is 9.47 Å². The summed E-state index contributed by atoms with van der Waals surface area (Å²) in [5, 5.41) is 0. The maximum atomic E-state index is 13.1. The summed E-state index contributed by atoms with van der Waals surface area (Å²) in [6.45, 7) is 9.75. The van der Waals surface area contributed by atoms with E-state index < -0.39 is 16.8 Å². The largest absolute Gasteiger partial charge is 0.466 e. The second-order valence-corrected chi connectivity index (χ2v) is 6.99. The molecular weight excluding hydrogens is 308 g/mol. The molecule has 0 aromatic carbocycles. The molecule has 0 aromatic rings. The number of rotatable bonds is 6. The van der Waals surface area contributed by atoms with E-state index in [0.717, 1.165) is 0 Å². The van der Waals surface area contributed by atoms with Crippen molar-refractivity contribution < 1.29 is 23.9 Å². The summed E-state index contributed by atoms with van der Waals surface area (Å²) < 4.78 is 10.2. The van der Waals surface area contributed by atoms with Gasteiger partial charge in [-0.3, -0.25) is 9.59 Å². The molecule has 132 valence electrons. The smallest absolute Gasteiger partial charge is 0.333 e. The Morgan fingerprint density at radius 1 is 1.25 bits per heavy atom. The second kappa shape index (κ2) is 6.91. The zero-order chi connectivity index (χ0) is 18.0. The predicted molar refractivity (Wildman–Crippen MR) is 89.1 cm³/mol. The van der Waals surface area contributed by atoms with Crippen molar-refractivity contribution in [2.45, 2.75) is 46.5 Å². The number of carbonyl (C=O) groups is 3. The number of fused-ring (bicyclic) bond motifs is 2. The number of carbonyl (C=O) groups excluding carboxylic acids is 3. The summed E-state index contributed by atoms with van der Waals surface area (Å²) in [6, 6.07) is 0. The highest BCUT2D eigenvalue weighted by Gasteiger charge is 2.56. The van der Waals surface area contributed by atoms with E-state index in [1.54, 1.807) is 13.8 Å². The standard InChI is InChI=1S/C19H26O5/c1-5-23-15(20)13(3)10-19-9-7-8-18(4,17(19)22)11-14(12-19)16(21)24-6-2/h7-8,14H,3,5-6,9-12H2,1-2,4H3/t14-,18+,19+/m0/s1. The minimum atomic E-state index is -0.775. The number of allylic oxidation sites excluding steroid dienone is 2. The van der Waals surface area contributed by atoms with Crippen molar-refractivity contribution in [2.24, 2.45) is 16.7 Å². The van der Waals surface area contributed by atoms with Crippen LogP contribution in [-0.4, -0.2) is 30.9 Å². The fraction of sp³-hybridized carbons (Fsp3) is 0.632. The summed E-state index contributed by atoms with van der Waals surface area (Å²) in [6.07, 6.45) is 5.46. The van der Waals surface area contributed by atoms with Gasteiger partial charge in [0.05, 0.1) is 19.1 Å². The topological polar surface area (TPSA) is 69.7 Å². The van der Waals surface area contributed by atoms with Gasteiger partial charge >= 0.3 is 11.9 Å². The highest BCUT2D eigenvalue weighted by atomic mass is 16.5. The molecule has 1 fully saturated rings. The molecule has 2 aliphatic rings. The van der Waals surface area contributed by atoms with Crippen LogP contribution in [0.5, 0.6) is 0 Å². The van der Waals surface area contributed by atoms with E-state index in [1.807, 2.05) is 19.1 Å². The molecule has 0 spiro atoms. The third-order valence-electron chi connectivity index (χ3n) is 5.04. The molecular formula is C19H26O5. The van der Waals surface area contributed by atoms with Crippen molar-refractivity contribution in [3.8, 4) is 0 Å². The molecule has 0 saturated heterocycles.